The second-order valence-electron chi connectivity index (χ2n) is 7.40. The molecule has 0 atom stereocenters. The highest BCUT2D eigenvalue weighted by molar-refractivity contribution is 7.98. The van der Waals surface area contributed by atoms with Crippen LogP contribution < -0.4 is 5.56 Å². The molecule has 3 aromatic rings. The summed E-state index contributed by atoms with van der Waals surface area (Å²) in [6.45, 7) is 1.83. The second kappa shape index (κ2) is 7.05. The van der Waals surface area contributed by atoms with Crippen molar-refractivity contribution in [2.45, 2.75) is 18.7 Å². The molecule has 0 aliphatic carbocycles. The first kappa shape index (κ1) is 17.4. The number of nitrogens with zero attached hydrogens (tertiary/aromatic N) is 4. The number of carbonyl (C=O) groups is 1. The SMILES string of the molecule is O=C(c1ccc2ccccc2n1)N1CC(Cn2nc3c(cc2=O)CSCC3)C1. The zero-order chi connectivity index (χ0) is 19.1. The van der Waals surface area contributed by atoms with Crippen LogP contribution >= 0.6 is 11.8 Å². The van der Waals surface area contributed by atoms with Crippen molar-refractivity contribution in [2.75, 3.05) is 18.8 Å². The molecule has 1 aromatic carbocycles. The van der Waals surface area contributed by atoms with Crippen molar-refractivity contribution in [3.05, 3.63) is 69.8 Å². The van der Waals surface area contributed by atoms with Crippen molar-refractivity contribution in [3.8, 4) is 0 Å². The quantitative estimate of drug-likeness (QED) is 0.684. The van der Waals surface area contributed by atoms with Gasteiger partial charge in [-0.25, -0.2) is 9.67 Å². The summed E-state index contributed by atoms with van der Waals surface area (Å²) in [5.41, 5.74) is 3.38. The van der Waals surface area contributed by atoms with E-state index < -0.39 is 0 Å². The maximum Gasteiger partial charge on any atom is 0.272 e. The van der Waals surface area contributed by atoms with E-state index in [0.29, 0.717) is 25.3 Å². The summed E-state index contributed by atoms with van der Waals surface area (Å²) in [6.07, 6.45) is 0.920. The van der Waals surface area contributed by atoms with Gasteiger partial charge in [0.1, 0.15) is 5.69 Å². The number of likely N-dealkylation sites (tertiary alicyclic amines) is 1. The minimum atomic E-state index is -0.0511. The molecule has 1 saturated heterocycles. The topological polar surface area (TPSA) is 68.1 Å². The van der Waals surface area contributed by atoms with Crippen LogP contribution in [-0.2, 0) is 18.7 Å². The van der Waals surface area contributed by atoms with Crippen LogP contribution in [0.15, 0.2) is 47.3 Å². The molecule has 5 rings (SSSR count). The number of fused-ring (bicyclic) bond motifs is 2. The number of carbonyl (C=O) groups excluding carboxylic acids is 1. The van der Waals surface area contributed by atoms with Gasteiger partial charge in [-0.3, -0.25) is 9.59 Å². The summed E-state index contributed by atoms with van der Waals surface area (Å²) in [6, 6.07) is 13.2. The maximum atomic E-state index is 12.7. The van der Waals surface area contributed by atoms with E-state index in [0.717, 1.165) is 40.1 Å². The zero-order valence-corrected chi connectivity index (χ0v) is 16.2. The van der Waals surface area contributed by atoms with E-state index in [2.05, 4.69) is 10.1 Å². The molecule has 0 N–H and O–H groups in total. The molecule has 6 nitrogen and oxygen atoms in total. The highest BCUT2D eigenvalue weighted by Gasteiger charge is 2.32. The number of para-hydroxylation sites is 1. The third-order valence-corrected chi connectivity index (χ3v) is 6.41. The Labute approximate surface area is 166 Å². The Morgan fingerprint density at radius 2 is 2.04 bits per heavy atom. The molecule has 142 valence electrons. The molecule has 28 heavy (non-hydrogen) atoms. The van der Waals surface area contributed by atoms with Gasteiger partial charge in [0, 0.05) is 42.6 Å². The van der Waals surface area contributed by atoms with Gasteiger partial charge in [-0.2, -0.15) is 16.9 Å². The highest BCUT2D eigenvalue weighted by Crippen LogP contribution is 2.23. The fourth-order valence-corrected chi connectivity index (χ4v) is 4.78. The number of thioether (sulfide) groups is 1. The smallest absolute Gasteiger partial charge is 0.272 e. The van der Waals surface area contributed by atoms with Crippen molar-refractivity contribution in [1.82, 2.24) is 19.7 Å². The van der Waals surface area contributed by atoms with E-state index in [9.17, 15) is 9.59 Å². The molecular weight excluding hydrogens is 372 g/mol. The number of pyridine rings is 1. The summed E-state index contributed by atoms with van der Waals surface area (Å²) >= 11 is 1.85. The first-order valence-electron chi connectivity index (χ1n) is 9.50. The van der Waals surface area contributed by atoms with Crippen molar-refractivity contribution >= 4 is 28.6 Å². The molecule has 2 aliphatic rings. The van der Waals surface area contributed by atoms with E-state index in [4.69, 9.17) is 0 Å². The van der Waals surface area contributed by atoms with E-state index in [1.807, 2.05) is 42.1 Å². The van der Waals surface area contributed by atoms with Gasteiger partial charge >= 0.3 is 0 Å². The molecule has 1 fully saturated rings. The number of rotatable bonds is 3. The molecule has 0 radical (unpaired) electrons. The summed E-state index contributed by atoms with van der Waals surface area (Å²) in [7, 11) is 0. The largest absolute Gasteiger partial charge is 0.336 e. The average molecular weight is 392 g/mol. The first-order valence-corrected chi connectivity index (χ1v) is 10.7. The van der Waals surface area contributed by atoms with Crippen LogP contribution in [0.3, 0.4) is 0 Å². The monoisotopic (exact) mass is 392 g/mol. The van der Waals surface area contributed by atoms with E-state index in [1.54, 1.807) is 21.7 Å². The number of aromatic nitrogens is 3. The molecule has 7 heteroatoms. The van der Waals surface area contributed by atoms with Crippen LogP contribution in [0.25, 0.3) is 10.9 Å². The maximum absolute atomic E-state index is 12.7. The minimum absolute atomic E-state index is 0.0396. The zero-order valence-electron chi connectivity index (χ0n) is 15.4. The summed E-state index contributed by atoms with van der Waals surface area (Å²) in [5.74, 6) is 2.14. The summed E-state index contributed by atoms with van der Waals surface area (Å²) in [4.78, 5) is 31.3. The van der Waals surface area contributed by atoms with Crippen LogP contribution in [0.2, 0.25) is 0 Å². The summed E-state index contributed by atoms with van der Waals surface area (Å²) < 4.78 is 1.58. The van der Waals surface area contributed by atoms with E-state index in [1.165, 1.54) is 0 Å². The normalized spacial score (nSPS) is 16.6. The predicted molar refractivity (Wildman–Crippen MR) is 109 cm³/mol. The van der Waals surface area contributed by atoms with Gasteiger partial charge in [-0.05, 0) is 23.4 Å². The Morgan fingerprint density at radius 1 is 1.18 bits per heavy atom. The lowest BCUT2D eigenvalue weighted by Gasteiger charge is -2.39. The summed E-state index contributed by atoms with van der Waals surface area (Å²) in [5, 5.41) is 5.60. The van der Waals surface area contributed by atoms with Crippen LogP contribution in [0.5, 0.6) is 0 Å². The Kier molecular flexibility index (Phi) is 4.39. The number of benzene rings is 1. The lowest BCUT2D eigenvalue weighted by molar-refractivity contribution is 0.0452. The Hall–Kier alpha value is -2.67. The molecule has 4 heterocycles. The Balaban J connectivity index is 1.26. The van der Waals surface area contributed by atoms with Gasteiger partial charge in [0.2, 0.25) is 0 Å². The molecule has 2 aromatic heterocycles. The third kappa shape index (κ3) is 3.20. The highest BCUT2D eigenvalue weighted by atomic mass is 32.2. The van der Waals surface area contributed by atoms with Gasteiger partial charge in [-0.1, -0.05) is 24.3 Å². The van der Waals surface area contributed by atoms with E-state index >= 15 is 0 Å². The third-order valence-electron chi connectivity index (χ3n) is 5.40. The second-order valence-corrected chi connectivity index (χ2v) is 8.51. The van der Waals surface area contributed by atoms with Gasteiger partial charge in [0.25, 0.3) is 11.5 Å². The predicted octanol–water partition coefficient (Wildman–Crippen LogP) is 2.35. The van der Waals surface area contributed by atoms with Crippen molar-refractivity contribution < 1.29 is 4.79 Å². The number of amides is 1. The number of hydrogen-bond donors (Lipinski definition) is 0. The molecule has 2 aliphatic heterocycles. The lowest BCUT2D eigenvalue weighted by Crippen LogP contribution is -2.52. The molecule has 0 saturated carbocycles. The molecule has 0 unspecified atom stereocenters. The fraction of sp³-hybridized carbons (Fsp3) is 0.333. The lowest BCUT2D eigenvalue weighted by atomic mass is 9.99. The van der Waals surface area contributed by atoms with Gasteiger partial charge in [0.15, 0.2) is 0 Å². The van der Waals surface area contributed by atoms with Crippen LogP contribution in [0, 0.1) is 5.92 Å². The average Bonchev–Trinajstić information content (AvgIpc) is 2.69. The molecule has 0 bridgehead atoms. The molecule has 1 amide bonds. The van der Waals surface area contributed by atoms with E-state index in [-0.39, 0.29) is 17.4 Å². The minimum Gasteiger partial charge on any atom is -0.336 e. The Morgan fingerprint density at radius 3 is 2.93 bits per heavy atom. The van der Waals surface area contributed by atoms with Gasteiger partial charge < -0.3 is 4.90 Å². The standard InChI is InChI=1S/C21H20N4O2S/c26-20-9-16-13-28-8-7-18(16)23-25(20)12-14-10-24(11-14)21(27)19-6-5-15-3-1-2-4-17(15)22-19/h1-6,9,14H,7-8,10-13H2. The van der Waals surface area contributed by atoms with Gasteiger partial charge in [0.05, 0.1) is 17.8 Å². The Bertz CT molecular complexity index is 1120. The van der Waals surface area contributed by atoms with Crippen molar-refractivity contribution in [2.24, 2.45) is 5.92 Å². The van der Waals surface area contributed by atoms with Crippen molar-refractivity contribution in [3.63, 3.8) is 0 Å². The number of aryl methyl sites for hydroxylation is 1. The first-order chi connectivity index (χ1) is 13.7. The van der Waals surface area contributed by atoms with Crippen LogP contribution in [-0.4, -0.2) is 44.4 Å². The van der Waals surface area contributed by atoms with Crippen molar-refractivity contribution in [1.29, 1.82) is 0 Å². The number of hydrogen-bond acceptors (Lipinski definition) is 5. The molecular formula is C21H20N4O2S. The van der Waals surface area contributed by atoms with Crippen LogP contribution in [0.1, 0.15) is 21.7 Å². The fourth-order valence-electron chi connectivity index (χ4n) is 3.83. The molecule has 0 spiro atoms. The van der Waals surface area contributed by atoms with Gasteiger partial charge in [-0.15, -0.1) is 0 Å². The van der Waals surface area contributed by atoms with Crippen LogP contribution in [0.4, 0.5) is 0 Å².